The molecule has 0 heterocycles. The summed E-state index contributed by atoms with van der Waals surface area (Å²) in [6.07, 6.45) is 0.170. The van der Waals surface area contributed by atoms with E-state index in [2.05, 4.69) is 39.6 Å². The molecule has 2 unspecified atom stereocenters. The Bertz CT molecular complexity index is 233. The van der Waals surface area contributed by atoms with E-state index in [1.54, 1.807) is 0 Å². The number of rotatable bonds is 5. The molecular weight excluding hydrogens is 205 g/mol. The second-order valence-electron chi connectivity index (χ2n) is 5.59. The SMILES string of the molecule is CC(C)C(C(C#N)CB(O)O)[Si](C)(C)C. The Morgan fingerprint density at radius 1 is 1.27 bits per heavy atom. The quantitative estimate of drug-likeness (QED) is 0.705. The van der Waals surface area contributed by atoms with Crippen molar-refractivity contribution in [3.8, 4) is 6.07 Å². The van der Waals surface area contributed by atoms with Gasteiger partial charge in [0.2, 0.25) is 0 Å². The normalized spacial score (nSPS) is 15.9. The molecule has 0 amide bonds. The van der Waals surface area contributed by atoms with E-state index in [1.807, 2.05) is 0 Å². The van der Waals surface area contributed by atoms with Crippen molar-refractivity contribution < 1.29 is 10.0 Å². The molecule has 0 aliphatic heterocycles. The predicted octanol–water partition coefficient (Wildman–Crippen LogP) is 1.96. The second kappa shape index (κ2) is 5.69. The molecule has 0 aromatic heterocycles. The first kappa shape index (κ1) is 14.7. The van der Waals surface area contributed by atoms with Crippen LogP contribution in [0.3, 0.4) is 0 Å². The van der Waals surface area contributed by atoms with Crippen LogP contribution in [-0.2, 0) is 0 Å². The third-order valence-electron chi connectivity index (χ3n) is 2.78. The summed E-state index contributed by atoms with van der Waals surface area (Å²) in [7, 11) is -2.81. The fraction of sp³-hybridized carbons (Fsp3) is 0.900. The largest absolute Gasteiger partial charge is 0.452 e. The standard InChI is InChI=1S/C10H22BNO2Si/c1-8(2)10(15(3,4)5)9(7-12)6-11(13)14/h8-10,13-14H,6H2,1-5H3. The van der Waals surface area contributed by atoms with Crippen LogP contribution in [-0.4, -0.2) is 25.2 Å². The van der Waals surface area contributed by atoms with Gasteiger partial charge in [-0.25, -0.2) is 0 Å². The van der Waals surface area contributed by atoms with Crippen molar-refractivity contribution in [3.63, 3.8) is 0 Å². The molecule has 0 rings (SSSR count). The highest BCUT2D eigenvalue weighted by Crippen LogP contribution is 2.38. The van der Waals surface area contributed by atoms with Crippen molar-refractivity contribution in [2.75, 3.05) is 0 Å². The van der Waals surface area contributed by atoms with E-state index in [-0.39, 0.29) is 12.2 Å². The predicted molar refractivity (Wildman–Crippen MR) is 66.0 cm³/mol. The van der Waals surface area contributed by atoms with E-state index >= 15 is 0 Å². The lowest BCUT2D eigenvalue weighted by Crippen LogP contribution is -2.37. The van der Waals surface area contributed by atoms with Crippen molar-refractivity contribution >= 4 is 15.2 Å². The first-order chi connectivity index (χ1) is 6.70. The molecule has 86 valence electrons. The topological polar surface area (TPSA) is 64.2 Å². The van der Waals surface area contributed by atoms with Crippen LogP contribution in [0.15, 0.2) is 0 Å². The van der Waals surface area contributed by atoms with Crippen LogP contribution >= 0.6 is 0 Å². The van der Waals surface area contributed by atoms with E-state index in [0.29, 0.717) is 11.5 Å². The molecule has 15 heavy (non-hydrogen) atoms. The van der Waals surface area contributed by atoms with Crippen molar-refractivity contribution in [3.05, 3.63) is 0 Å². The fourth-order valence-electron chi connectivity index (χ4n) is 2.57. The third-order valence-corrected chi connectivity index (χ3v) is 5.85. The van der Waals surface area contributed by atoms with Crippen molar-refractivity contribution in [2.24, 2.45) is 11.8 Å². The van der Waals surface area contributed by atoms with Gasteiger partial charge in [0.05, 0.1) is 6.07 Å². The van der Waals surface area contributed by atoms with Gasteiger partial charge in [-0.1, -0.05) is 33.5 Å². The van der Waals surface area contributed by atoms with Gasteiger partial charge in [-0.05, 0) is 17.8 Å². The van der Waals surface area contributed by atoms with Gasteiger partial charge in [0, 0.05) is 14.0 Å². The summed E-state index contributed by atoms with van der Waals surface area (Å²) in [5.41, 5.74) is 0.310. The van der Waals surface area contributed by atoms with Crippen LogP contribution in [0.2, 0.25) is 31.5 Å². The lowest BCUT2D eigenvalue weighted by molar-refractivity contribution is 0.383. The van der Waals surface area contributed by atoms with E-state index in [0.717, 1.165) is 0 Å². The maximum atomic E-state index is 9.11. The van der Waals surface area contributed by atoms with Gasteiger partial charge in [0.15, 0.2) is 0 Å². The van der Waals surface area contributed by atoms with E-state index in [9.17, 15) is 0 Å². The molecule has 2 N–H and O–H groups in total. The molecule has 0 saturated carbocycles. The number of hydrogen-bond donors (Lipinski definition) is 2. The maximum Gasteiger partial charge on any atom is 0.452 e. The molecule has 0 aromatic rings. The molecule has 0 aliphatic rings. The Kier molecular flexibility index (Phi) is 5.57. The summed E-state index contributed by atoms with van der Waals surface area (Å²) < 4.78 is 0. The molecule has 5 heteroatoms. The van der Waals surface area contributed by atoms with E-state index in [4.69, 9.17) is 15.3 Å². The Morgan fingerprint density at radius 3 is 1.93 bits per heavy atom. The molecule has 0 aromatic carbocycles. The third kappa shape index (κ3) is 4.83. The molecule has 2 atom stereocenters. The number of nitriles is 1. The zero-order valence-electron chi connectivity index (χ0n) is 10.4. The summed E-state index contributed by atoms with van der Waals surface area (Å²) >= 11 is 0. The number of nitrogens with zero attached hydrogens (tertiary/aromatic N) is 1. The first-order valence-corrected chi connectivity index (χ1v) is 9.03. The summed E-state index contributed by atoms with van der Waals surface area (Å²) in [6, 6.07) is 2.24. The number of hydrogen-bond acceptors (Lipinski definition) is 3. The summed E-state index contributed by atoms with van der Waals surface area (Å²) in [6.45, 7) is 10.9. The molecule has 0 fully saturated rings. The smallest absolute Gasteiger partial charge is 0.427 e. The zero-order chi connectivity index (χ0) is 12.2. The lowest BCUT2D eigenvalue weighted by atomic mass is 9.76. The van der Waals surface area contributed by atoms with Crippen LogP contribution in [0, 0.1) is 23.2 Å². The van der Waals surface area contributed by atoms with Gasteiger partial charge in [-0.3, -0.25) is 0 Å². The summed E-state index contributed by atoms with van der Waals surface area (Å²) in [5, 5.41) is 27.0. The minimum atomic E-state index is -1.45. The van der Waals surface area contributed by atoms with Crippen molar-refractivity contribution in [2.45, 2.75) is 45.3 Å². The molecule has 0 radical (unpaired) electrons. The van der Waals surface area contributed by atoms with Gasteiger partial charge >= 0.3 is 7.12 Å². The lowest BCUT2D eigenvalue weighted by Gasteiger charge is -2.35. The van der Waals surface area contributed by atoms with E-state index < -0.39 is 15.2 Å². The minimum absolute atomic E-state index is 0.170. The molecule has 0 saturated heterocycles. The average molecular weight is 227 g/mol. The minimum Gasteiger partial charge on any atom is -0.427 e. The monoisotopic (exact) mass is 227 g/mol. The highest BCUT2D eigenvalue weighted by Gasteiger charge is 2.37. The van der Waals surface area contributed by atoms with Crippen LogP contribution in [0.25, 0.3) is 0 Å². The Hall–Kier alpha value is -0.308. The van der Waals surface area contributed by atoms with E-state index in [1.165, 1.54) is 0 Å². The Labute approximate surface area is 94.3 Å². The Balaban J connectivity index is 4.82. The molecule has 0 bridgehead atoms. The summed E-state index contributed by atoms with van der Waals surface area (Å²) in [4.78, 5) is 0. The fourth-order valence-corrected chi connectivity index (χ4v) is 5.99. The molecule has 0 spiro atoms. The van der Waals surface area contributed by atoms with Gasteiger partial charge < -0.3 is 10.0 Å². The van der Waals surface area contributed by atoms with Crippen LogP contribution in [0.4, 0.5) is 0 Å². The Morgan fingerprint density at radius 2 is 1.73 bits per heavy atom. The average Bonchev–Trinajstić information content (AvgIpc) is 1.98. The molecular formula is C10H22BNO2Si. The van der Waals surface area contributed by atoms with Gasteiger partial charge in [-0.2, -0.15) is 5.26 Å². The first-order valence-electron chi connectivity index (χ1n) is 5.46. The van der Waals surface area contributed by atoms with Crippen LogP contribution in [0.5, 0.6) is 0 Å². The molecule has 0 aliphatic carbocycles. The highest BCUT2D eigenvalue weighted by atomic mass is 28.3. The van der Waals surface area contributed by atoms with Gasteiger partial charge in [0.25, 0.3) is 0 Å². The van der Waals surface area contributed by atoms with Crippen molar-refractivity contribution in [1.82, 2.24) is 0 Å². The van der Waals surface area contributed by atoms with Gasteiger partial charge in [0.1, 0.15) is 0 Å². The molecule has 3 nitrogen and oxygen atoms in total. The maximum absolute atomic E-state index is 9.11. The highest BCUT2D eigenvalue weighted by molar-refractivity contribution is 6.77. The summed E-state index contributed by atoms with van der Waals surface area (Å²) in [5.74, 6) is 0.178. The van der Waals surface area contributed by atoms with Gasteiger partial charge in [-0.15, -0.1) is 0 Å². The van der Waals surface area contributed by atoms with Crippen LogP contribution in [0.1, 0.15) is 13.8 Å². The van der Waals surface area contributed by atoms with Crippen LogP contribution < -0.4 is 0 Å². The van der Waals surface area contributed by atoms with Crippen molar-refractivity contribution in [1.29, 1.82) is 5.26 Å². The second-order valence-corrected chi connectivity index (χ2v) is 11.0. The zero-order valence-corrected chi connectivity index (χ0v) is 11.4.